The molecule has 0 atom stereocenters. The Hall–Kier alpha value is -1.85. The van der Waals surface area contributed by atoms with Gasteiger partial charge in [-0.1, -0.05) is 39.7 Å². The number of benzene rings is 2. The fraction of sp³-hybridized carbons (Fsp3) is 0.333. The van der Waals surface area contributed by atoms with Gasteiger partial charge in [-0.3, -0.25) is 9.59 Å². The molecular weight excluding hydrogens is 428 g/mol. The normalized spacial score (nSPS) is 14.9. The Morgan fingerprint density at radius 3 is 2.44 bits per heavy atom. The number of carbonyl (C=O) groups excluding carboxylic acids is 2. The minimum absolute atomic E-state index is 0.0284. The van der Waals surface area contributed by atoms with Gasteiger partial charge in [-0.25, -0.2) is 0 Å². The second kappa shape index (κ2) is 8.89. The van der Waals surface area contributed by atoms with E-state index < -0.39 is 0 Å². The van der Waals surface area contributed by atoms with Crippen LogP contribution >= 0.6 is 27.5 Å². The molecule has 0 unspecified atom stereocenters. The molecule has 142 valence electrons. The van der Waals surface area contributed by atoms with E-state index in [9.17, 15) is 9.59 Å². The van der Waals surface area contributed by atoms with Gasteiger partial charge in [0.2, 0.25) is 5.91 Å². The number of piperidine rings is 1. The molecule has 27 heavy (non-hydrogen) atoms. The first kappa shape index (κ1) is 19.9. The van der Waals surface area contributed by atoms with Crippen molar-refractivity contribution >= 4 is 39.3 Å². The molecule has 0 bridgehead atoms. The standard InChI is InChI=1S/C21H22BrClN2O2/c1-24(14-15-3-2-4-19(23)13-15)20(26)17-9-11-25(12-10-17)21(27)16-5-7-18(22)8-6-16/h2-8,13,17H,9-12,14H2,1H3. The third-order valence-corrected chi connectivity index (χ3v) is 5.67. The molecule has 0 aromatic heterocycles. The summed E-state index contributed by atoms with van der Waals surface area (Å²) in [6, 6.07) is 14.9. The quantitative estimate of drug-likeness (QED) is 0.684. The second-order valence-corrected chi connectivity index (χ2v) is 8.25. The number of hydrogen-bond donors (Lipinski definition) is 0. The monoisotopic (exact) mass is 448 g/mol. The van der Waals surface area contributed by atoms with Crippen LogP contribution in [0.3, 0.4) is 0 Å². The van der Waals surface area contributed by atoms with E-state index in [1.807, 2.05) is 60.5 Å². The van der Waals surface area contributed by atoms with Crippen molar-refractivity contribution in [3.05, 3.63) is 69.2 Å². The summed E-state index contributed by atoms with van der Waals surface area (Å²) in [6.07, 6.45) is 1.39. The van der Waals surface area contributed by atoms with Crippen LogP contribution in [0.2, 0.25) is 5.02 Å². The molecule has 2 aromatic rings. The van der Waals surface area contributed by atoms with Crippen LogP contribution in [-0.2, 0) is 11.3 Å². The van der Waals surface area contributed by atoms with Crippen LogP contribution in [0, 0.1) is 5.92 Å². The third-order valence-electron chi connectivity index (χ3n) is 4.91. The zero-order chi connectivity index (χ0) is 19.4. The van der Waals surface area contributed by atoms with Gasteiger partial charge < -0.3 is 9.80 Å². The summed E-state index contributed by atoms with van der Waals surface area (Å²) in [5.74, 6) is 0.120. The van der Waals surface area contributed by atoms with Gasteiger partial charge in [0.1, 0.15) is 0 Å². The van der Waals surface area contributed by atoms with Crippen LogP contribution in [-0.4, -0.2) is 41.8 Å². The second-order valence-electron chi connectivity index (χ2n) is 6.90. The predicted octanol–water partition coefficient (Wildman–Crippen LogP) is 4.61. The van der Waals surface area contributed by atoms with E-state index in [-0.39, 0.29) is 17.7 Å². The minimum atomic E-state index is -0.0387. The maximum absolute atomic E-state index is 12.8. The Morgan fingerprint density at radius 2 is 1.81 bits per heavy atom. The van der Waals surface area contributed by atoms with Gasteiger partial charge in [0.05, 0.1) is 0 Å². The van der Waals surface area contributed by atoms with Crippen LogP contribution < -0.4 is 0 Å². The lowest BCUT2D eigenvalue weighted by atomic mass is 9.94. The topological polar surface area (TPSA) is 40.6 Å². The SMILES string of the molecule is CN(Cc1cccc(Cl)c1)C(=O)C1CCN(C(=O)c2ccc(Br)cc2)CC1. The maximum atomic E-state index is 12.8. The molecule has 1 aliphatic rings. The molecule has 1 heterocycles. The first-order chi connectivity index (χ1) is 12.9. The van der Waals surface area contributed by atoms with Crippen LogP contribution in [0.25, 0.3) is 0 Å². The first-order valence-corrected chi connectivity index (χ1v) is 10.2. The van der Waals surface area contributed by atoms with Crippen molar-refractivity contribution in [1.82, 2.24) is 9.80 Å². The van der Waals surface area contributed by atoms with Crippen molar-refractivity contribution in [1.29, 1.82) is 0 Å². The fourth-order valence-corrected chi connectivity index (χ4v) is 3.88. The van der Waals surface area contributed by atoms with E-state index in [1.165, 1.54) is 0 Å². The number of halogens is 2. The molecule has 4 nitrogen and oxygen atoms in total. The molecule has 3 rings (SSSR count). The van der Waals surface area contributed by atoms with Crippen molar-refractivity contribution in [2.24, 2.45) is 5.92 Å². The van der Waals surface area contributed by atoms with E-state index in [4.69, 9.17) is 11.6 Å². The largest absolute Gasteiger partial charge is 0.341 e. The molecule has 2 amide bonds. The van der Waals surface area contributed by atoms with Gasteiger partial charge in [-0.15, -0.1) is 0 Å². The summed E-state index contributed by atoms with van der Waals surface area (Å²) in [6.45, 7) is 1.75. The Balaban J connectivity index is 1.54. The van der Waals surface area contributed by atoms with Gasteiger partial charge >= 0.3 is 0 Å². The third kappa shape index (κ3) is 5.11. The van der Waals surface area contributed by atoms with Gasteiger partial charge in [-0.2, -0.15) is 0 Å². The highest BCUT2D eigenvalue weighted by atomic mass is 79.9. The van der Waals surface area contributed by atoms with Crippen molar-refractivity contribution in [2.45, 2.75) is 19.4 Å². The highest BCUT2D eigenvalue weighted by molar-refractivity contribution is 9.10. The molecule has 0 saturated carbocycles. The number of likely N-dealkylation sites (tertiary alicyclic amines) is 1. The number of carbonyl (C=O) groups is 2. The number of amides is 2. The van der Waals surface area contributed by atoms with E-state index in [0.29, 0.717) is 43.1 Å². The van der Waals surface area contributed by atoms with Crippen molar-refractivity contribution < 1.29 is 9.59 Å². The van der Waals surface area contributed by atoms with E-state index >= 15 is 0 Å². The molecule has 0 radical (unpaired) electrons. The van der Waals surface area contributed by atoms with E-state index in [2.05, 4.69) is 15.9 Å². The molecule has 0 spiro atoms. The van der Waals surface area contributed by atoms with Crippen LogP contribution in [0.1, 0.15) is 28.8 Å². The smallest absolute Gasteiger partial charge is 0.253 e. The number of nitrogens with zero attached hydrogens (tertiary/aromatic N) is 2. The molecule has 0 N–H and O–H groups in total. The van der Waals surface area contributed by atoms with Crippen molar-refractivity contribution in [3.63, 3.8) is 0 Å². The Morgan fingerprint density at radius 1 is 1.15 bits per heavy atom. The Labute approximate surface area is 173 Å². The fourth-order valence-electron chi connectivity index (χ4n) is 3.40. The molecule has 1 fully saturated rings. The average Bonchev–Trinajstić information content (AvgIpc) is 2.67. The van der Waals surface area contributed by atoms with Gasteiger partial charge in [0.25, 0.3) is 5.91 Å². The summed E-state index contributed by atoms with van der Waals surface area (Å²) in [5.41, 5.74) is 1.70. The van der Waals surface area contributed by atoms with Gasteiger partial charge in [-0.05, 0) is 54.8 Å². The van der Waals surface area contributed by atoms with Crippen LogP contribution in [0.5, 0.6) is 0 Å². The number of rotatable bonds is 4. The summed E-state index contributed by atoms with van der Waals surface area (Å²) in [5, 5.41) is 0.674. The molecule has 6 heteroatoms. The predicted molar refractivity (Wildman–Crippen MR) is 111 cm³/mol. The van der Waals surface area contributed by atoms with Gasteiger partial charge in [0, 0.05) is 47.7 Å². The maximum Gasteiger partial charge on any atom is 0.253 e. The highest BCUT2D eigenvalue weighted by Gasteiger charge is 2.29. The lowest BCUT2D eigenvalue weighted by molar-refractivity contribution is -0.136. The highest BCUT2D eigenvalue weighted by Crippen LogP contribution is 2.22. The average molecular weight is 450 g/mol. The minimum Gasteiger partial charge on any atom is -0.341 e. The van der Waals surface area contributed by atoms with Gasteiger partial charge in [0.15, 0.2) is 0 Å². The molecule has 2 aromatic carbocycles. The zero-order valence-corrected chi connectivity index (χ0v) is 17.5. The van der Waals surface area contributed by atoms with Crippen LogP contribution in [0.15, 0.2) is 53.0 Å². The molecule has 1 aliphatic heterocycles. The van der Waals surface area contributed by atoms with E-state index in [0.717, 1.165) is 10.0 Å². The molecule has 1 saturated heterocycles. The van der Waals surface area contributed by atoms with Crippen LogP contribution in [0.4, 0.5) is 0 Å². The molecule has 0 aliphatic carbocycles. The lowest BCUT2D eigenvalue weighted by Crippen LogP contribution is -2.43. The number of hydrogen-bond acceptors (Lipinski definition) is 2. The summed E-state index contributed by atoms with van der Waals surface area (Å²) in [7, 11) is 1.82. The zero-order valence-electron chi connectivity index (χ0n) is 15.2. The summed E-state index contributed by atoms with van der Waals surface area (Å²) < 4.78 is 0.950. The first-order valence-electron chi connectivity index (χ1n) is 8.98. The summed E-state index contributed by atoms with van der Waals surface area (Å²) in [4.78, 5) is 28.9. The molecular formula is C21H22BrClN2O2. The lowest BCUT2D eigenvalue weighted by Gasteiger charge is -2.33. The summed E-state index contributed by atoms with van der Waals surface area (Å²) >= 11 is 9.40. The Bertz CT molecular complexity index is 817. The Kier molecular flexibility index (Phi) is 6.55. The van der Waals surface area contributed by atoms with Crippen molar-refractivity contribution in [2.75, 3.05) is 20.1 Å². The van der Waals surface area contributed by atoms with Crippen molar-refractivity contribution in [3.8, 4) is 0 Å². The van der Waals surface area contributed by atoms with E-state index in [1.54, 1.807) is 4.90 Å².